The van der Waals surface area contributed by atoms with Gasteiger partial charge in [0.05, 0.1) is 7.11 Å². The number of halogens is 2. The maximum Gasteiger partial charge on any atom is 0.119 e. The molecule has 0 radical (unpaired) electrons. The average molecular weight is 326 g/mol. The largest absolute Gasteiger partial charge is 0.497 e. The first-order valence-corrected chi connectivity index (χ1v) is 7.01. The van der Waals surface area contributed by atoms with E-state index < -0.39 is 0 Å². The van der Waals surface area contributed by atoms with Crippen molar-refractivity contribution in [1.82, 2.24) is 0 Å². The van der Waals surface area contributed by atoms with Crippen molar-refractivity contribution in [2.75, 3.05) is 7.11 Å². The van der Waals surface area contributed by atoms with Crippen LogP contribution < -0.4 is 4.74 Å². The fraction of sp³-hybridized carbons (Fsp3) is 0.200. The summed E-state index contributed by atoms with van der Waals surface area (Å²) < 4.78 is 5.23. The van der Waals surface area contributed by atoms with Crippen molar-refractivity contribution in [3.63, 3.8) is 0 Å². The second kappa shape index (κ2) is 6.26. The minimum atomic E-state index is 0.272. The van der Waals surface area contributed by atoms with Crippen molar-refractivity contribution in [2.24, 2.45) is 0 Å². The molecule has 0 heterocycles. The fourth-order valence-corrected chi connectivity index (χ4v) is 2.57. The summed E-state index contributed by atoms with van der Waals surface area (Å²) in [7, 11) is 1.68. The van der Waals surface area contributed by atoms with Gasteiger partial charge in [0.1, 0.15) is 5.75 Å². The summed E-state index contributed by atoms with van der Waals surface area (Å²) in [5.74, 6) is 0.882. The Morgan fingerprint density at radius 2 is 1.89 bits per heavy atom. The van der Waals surface area contributed by atoms with E-state index in [1.165, 1.54) is 11.1 Å². The number of benzene rings is 2. The van der Waals surface area contributed by atoms with Crippen molar-refractivity contribution in [3.05, 3.63) is 64.7 Å². The van der Waals surface area contributed by atoms with E-state index in [0.717, 1.165) is 17.2 Å². The van der Waals surface area contributed by atoms with E-state index >= 15 is 0 Å². The van der Waals surface area contributed by atoms with E-state index in [4.69, 9.17) is 16.3 Å². The van der Waals surface area contributed by atoms with Crippen LogP contribution in [0.3, 0.4) is 0 Å². The van der Waals surface area contributed by atoms with Crippen LogP contribution >= 0.6 is 27.5 Å². The molecule has 0 bridgehead atoms. The highest BCUT2D eigenvalue weighted by Gasteiger charge is 2.09. The normalized spacial score (nSPS) is 12.2. The zero-order valence-corrected chi connectivity index (χ0v) is 12.4. The summed E-state index contributed by atoms with van der Waals surface area (Å²) in [6.07, 6.45) is 0.921. The Hall–Kier alpha value is -0.990. The molecule has 0 aromatic heterocycles. The molecule has 2 aromatic carbocycles. The lowest BCUT2D eigenvalue weighted by molar-refractivity contribution is 0.414. The molecular weight excluding hydrogens is 312 g/mol. The molecule has 3 heteroatoms. The highest BCUT2D eigenvalue weighted by atomic mass is 79.9. The zero-order chi connectivity index (χ0) is 13.0. The molecule has 0 amide bonds. The van der Waals surface area contributed by atoms with Gasteiger partial charge in [-0.05, 0) is 41.8 Å². The van der Waals surface area contributed by atoms with Gasteiger partial charge in [0.2, 0.25) is 0 Å². The van der Waals surface area contributed by atoms with Gasteiger partial charge < -0.3 is 4.74 Å². The molecule has 0 aliphatic heterocycles. The number of alkyl halides is 1. The molecule has 1 unspecified atom stereocenters. The van der Waals surface area contributed by atoms with Crippen LogP contribution in [-0.2, 0) is 6.42 Å². The van der Waals surface area contributed by atoms with E-state index in [1.54, 1.807) is 7.11 Å². The molecule has 0 fully saturated rings. The molecule has 0 spiro atoms. The van der Waals surface area contributed by atoms with Crippen LogP contribution in [0.2, 0.25) is 5.02 Å². The minimum Gasteiger partial charge on any atom is -0.497 e. The predicted molar refractivity (Wildman–Crippen MR) is 79.8 cm³/mol. The Labute approximate surface area is 121 Å². The molecule has 1 nitrogen and oxygen atoms in total. The van der Waals surface area contributed by atoms with Gasteiger partial charge in [0.25, 0.3) is 0 Å². The van der Waals surface area contributed by atoms with Crippen molar-refractivity contribution in [3.8, 4) is 5.75 Å². The zero-order valence-electron chi connectivity index (χ0n) is 10.1. The molecule has 0 aliphatic rings. The third kappa shape index (κ3) is 3.50. The molecule has 18 heavy (non-hydrogen) atoms. The maximum atomic E-state index is 5.88. The van der Waals surface area contributed by atoms with Crippen molar-refractivity contribution >= 4 is 27.5 Å². The first kappa shape index (κ1) is 13.4. The SMILES string of the molecule is COc1cccc(C(Br)Cc2ccc(Cl)cc2)c1. The minimum absolute atomic E-state index is 0.272. The van der Waals surface area contributed by atoms with Crippen LogP contribution in [0.5, 0.6) is 5.75 Å². The van der Waals surface area contributed by atoms with Gasteiger partial charge >= 0.3 is 0 Å². The second-order valence-electron chi connectivity index (χ2n) is 4.07. The lowest BCUT2D eigenvalue weighted by atomic mass is 10.0. The van der Waals surface area contributed by atoms with Crippen molar-refractivity contribution in [1.29, 1.82) is 0 Å². The second-order valence-corrected chi connectivity index (χ2v) is 5.62. The lowest BCUT2D eigenvalue weighted by Gasteiger charge is -2.11. The molecule has 0 saturated heterocycles. The predicted octanol–water partition coefficient (Wildman–Crippen LogP) is 5.03. The van der Waals surface area contributed by atoms with E-state index in [2.05, 4.69) is 40.2 Å². The number of rotatable bonds is 4. The van der Waals surface area contributed by atoms with Gasteiger partial charge in [-0.1, -0.05) is 51.8 Å². The number of hydrogen-bond donors (Lipinski definition) is 0. The Morgan fingerprint density at radius 3 is 2.56 bits per heavy atom. The first-order chi connectivity index (χ1) is 8.69. The fourth-order valence-electron chi connectivity index (χ4n) is 1.78. The smallest absolute Gasteiger partial charge is 0.119 e. The third-order valence-corrected chi connectivity index (χ3v) is 3.89. The quantitative estimate of drug-likeness (QED) is 0.717. The standard InChI is InChI=1S/C15H14BrClO/c1-18-14-4-2-3-12(10-14)15(16)9-11-5-7-13(17)8-6-11/h2-8,10,15H,9H2,1H3. The monoisotopic (exact) mass is 324 g/mol. The lowest BCUT2D eigenvalue weighted by Crippen LogP contribution is -1.96. The Kier molecular flexibility index (Phi) is 4.67. The van der Waals surface area contributed by atoms with E-state index in [-0.39, 0.29) is 4.83 Å². The Balaban J connectivity index is 2.11. The highest BCUT2D eigenvalue weighted by Crippen LogP contribution is 2.29. The maximum absolute atomic E-state index is 5.88. The summed E-state index contributed by atoms with van der Waals surface area (Å²) >= 11 is 9.59. The van der Waals surface area contributed by atoms with Crippen LogP contribution in [0.25, 0.3) is 0 Å². The third-order valence-electron chi connectivity index (χ3n) is 2.78. The molecular formula is C15H14BrClO. The molecule has 0 saturated carbocycles. The molecule has 1 atom stereocenters. The van der Waals surface area contributed by atoms with Gasteiger partial charge in [-0.2, -0.15) is 0 Å². The van der Waals surface area contributed by atoms with E-state index in [9.17, 15) is 0 Å². The van der Waals surface area contributed by atoms with Gasteiger partial charge in [-0.25, -0.2) is 0 Å². The number of methoxy groups -OCH3 is 1. The summed E-state index contributed by atoms with van der Waals surface area (Å²) in [5.41, 5.74) is 2.47. The van der Waals surface area contributed by atoms with Crippen molar-refractivity contribution < 1.29 is 4.74 Å². The van der Waals surface area contributed by atoms with Crippen LogP contribution in [0, 0.1) is 0 Å². The first-order valence-electron chi connectivity index (χ1n) is 5.71. The molecule has 2 rings (SSSR count). The van der Waals surface area contributed by atoms with Gasteiger partial charge in [-0.3, -0.25) is 0 Å². The summed E-state index contributed by atoms with van der Waals surface area (Å²) in [6, 6.07) is 16.0. The van der Waals surface area contributed by atoms with Crippen LogP contribution in [0.4, 0.5) is 0 Å². The van der Waals surface area contributed by atoms with E-state index in [0.29, 0.717) is 0 Å². The Morgan fingerprint density at radius 1 is 1.17 bits per heavy atom. The van der Waals surface area contributed by atoms with Gasteiger partial charge in [0, 0.05) is 9.85 Å². The summed E-state index contributed by atoms with van der Waals surface area (Å²) in [4.78, 5) is 0.272. The molecule has 0 aliphatic carbocycles. The summed E-state index contributed by atoms with van der Waals surface area (Å²) in [5, 5.41) is 0.770. The number of ether oxygens (including phenoxy) is 1. The molecule has 2 aromatic rings. The summed E-state index contributed by atoms with van der Waals surface area (Å²) in [6.45, 7) is 0. The topological polar surface area (TPSA) is 9.23 Å². The average Bonchev–Trinajstić information content (AvgIpc) is 2.41. The van der Waals surface area contributed by atoms with Gasteiger partial charge in [-0.15, -0.1) is 0 Å². The van der Waals surface area contributed by atoms with Crippen LogP contribution in [0.1, 0.15) is 16.0 Å². The number of hydrogen-bond acceptors (Lipinski definition) is 1. The van der Waals surface area contributed by atoms with Crippen LogP contribution in [-0.4, -0.2) is 7.11 Å². The van der Waals surface area contributed by atoms with Crippen molar-refractivity contribution in [2.45, 2.75) is 11.2 Å². The Bertz CT molecular complexity index is 510. The van der Waals surface area contributed by atoms with Crippen LogP contribution in [0.15, 0.2) is 48.5 Å². The van der Waals surface area contributed by atoms with Gasteiger partial charge in [0.15, 0.2) is 0 Å². The van der Waals surface area contributed by atoms with E-state index in [1.807, 2.05) is 24.3 Å². The highest BCUT2D eigenvalue weighted by molar-refractivity contribution is 9.09. The molecule has 94 valence electrons. The molecule has 0 N–H and O–H groups in total.